The maximum atomic E-state index is 11.9. The van der Waals surface area contributed by atoms with Gasteiger partial charge in [-0.05, 0) is 62.2 Å². The molecule has 3 rings (SSSR count). The van der Waals surface area contributed by atoms with Crippen LogP contribution in [0.15, 0.2) is 52.3 Å². The molecule has 0 radical (unpaired) electrons. The minimum Gasteiger partial charge on any atom is -0.466 e. The Labute approximate surface area is 198 Å². The average Bonchev–Trinajstić information content (AvgIpc) is 2.79. The zero-order valence-corrected chi connectivity index (χ0v) is 19.8. The van der Waals surface area contributed by atoms with Gasteiger partial charge in [-0.25, -0.2) is 0 Å². The van der Waals surface area contributed by atoms with Gasteiger partial charge in [0, 0.05) is 16.3 Å². The van der Waals surface area contributed by atoms with Gasteiger partial charge in [-0.1, -0.05) is 65.3 Å². The van der Waals surface area contributed by atoms with Crippen LogP contribution in [0.2, 0.25) is 10.0 Å². The molecule has 0 unspecified atom stereocenters. The van der Waals surface area contributed by atoms with Crippen LogP contribution in [-0.4, -0.2) is 42.2 Å². The first-order valence-corrected chi connectivity index (χ1v) is 12.0. The molecule has 0 spiro atoms. The summed E-state index contributed by atoms with van der Waals surface area (Å²) in [5.41, 5.74) is 1.74. The smallest absolute Gasteiger partial charge is 0.309 e. The lowest BCUT2D eigenvalue weighted by atomic mass is 9.97. The molecular formula is C24H27Cl2NO3S. The van der Waals surface area contributed by atoms with E-state index in [1.807, 2.05) is 49.4 Å². The van der Waals surface area contributed by atoms with Crippen molar-refractivity contribution in [3.05, 3.63) is 63.6 Å². The SMILES string of the molecule is CCOC(=O)C1CCN(C/C=C/c2ccc(Sc3cccc(CO)c3)c(Cl)c2Cl)CC1. The molecule has 0 aliphatic carbocycles. The summed E-state index contributed by atoms with van der Waals surface area (Å²) in [6.45, 7) is 4.85. The van der Waals surface area contributed by atoms with Crippen molar-refractivity contribution in [3.63, 3.8) is 0 Å². The number of esters is 1. The second-order valence-electron chi connectivity index (χ2n) is 7.42. The number of carbonyl (C=O) groups is 1. The fourth-order valence-corrected chi connectivity index (χ4v) is 5.04. The van der Waals surface area contributed by atoms with Crippen LogP contribution in [0.1, 0.15) is 30.9 Å². The van der Waals surface area contributed by atoms with Gasteiger partial charge in [-0.2, -0.15) is 0 Å². The van der Waals surface area contributed by atoms with Crippen molar-refractivity contribution in [2.45, 2.75) is 36.2 Å². The van der Waals surface area contributed by atoms with Crippen molar-refractivity contribution in [1.82, 2.24) is 4.90 Å². The van der Waals surface area contributed by atoms with E-state index in [0.717, 1.165) is 53.4 Å². The number of carbonyl (C=O) groups excluding carboxylic acids is 1. The molecule has 0 aromatic heterocycles. The van der Waals surface area contributed by atoms with E-state index in [9.17, 15) is 9.90 Å². The molecule has 2 aromatic rings. The van der Waals surface area contributed by atoms with Gasteiger partial charge in [0.05, 0.1) is 29.2 Å². The van der Waals surface area contributed by atoms with Gasteiger partial charge in [-0.3, -0.25) is 9.69 Å². The molecule has 2 aromatic carbocycles. The number of hydrogen-bond donors (Lipinski definition) is 1. The number of benzene rings is 2. The molecule has 166 valence electrons. The summed E-state index contributed by atoms with van der Waals surface area (Å²) in [6, 6.07) is 11.6. The van der Waals surface area contributed by atoms with Crippen LogP contribution in [0.3, 0.4) is 0 Å². The van der Waals surface area contributed by atoms with E-state index in [4.69, 9.17) is 27.9 Å². The van der Waals surface area contributed by atoms with Crippen LogP contribution in [0, 0.1) is 5.92 Å². The Morgan fingerprint density at radius 3 is 2.71 bits per heavy atom. The standard InChI is InChI=1S/C24H27Cl2NO3S/c1-2-30-24(29)19-10-13-27(14-11-19)12-4-6-18-8-9-21(23(26)22(18)25)31-20-7-3-5-17(15-20)16-28/h3-9,15,19,28H,2,10-14,16H2,1H3/b6-4+. The maximum Gasteiger partial charge on any atom is 0.309 e. The molecule has 0 saturated carbocycles. The number of piperidine rings is 1. The second kappa shape index (κ2) is 11.9. The van der Waals surface area contributed by atoms with Gasteiger partial charge in [-0.15, -0.1) is 0 Å². The molecule has 1 aliphatic heterocycles. The minimum absolute atomic E-state index is 0.00706. The first-order chi connectivity index (χ1) is 15.0. The number of likely N-dealkylation sites (tertiary alicyclic amines) is 1. The largest absolute Gasteiger partial charge is 0.466 e. The lowest BCUT2D eigenvalue weighted by Gasteiger charge is -2.29. The van der Waals surface area contributed by atoms with Gasteiger partial charge < -0.3 is 9.84 Å². The predicted octanol–water partition coefficient (Wildman–Crippen LogP) is 5.93. The average molecular weight is 480 g/mol. The molecule has 1 heterocycles. The third-order valence-corrected chi connectivity index (χ3v) is 7.31. The monoisotopic (exact) mass is 479 g/mol. The lowest BCUT2D eigenvalue weighted by Crippen LogP contribution is -2.36. The van der Waals surface area contributed by atoms with Crippen molar-refractivity contribution in [1.29, 1.82) is 0 Å². The fourth-order valence-electron chi connectivity index (χ4n) is 3.53. The Bertz CT molecular complexity index is 927. The number of ether oxygens (including phenoxy) is 1. The summed E-state index contributed by atoms with van der Waals surface area (Å²) in [7, 11) is 0. The highest BCUT2D eigenvalue weighted by Crippen LogP contribution is 2.39. The van der Waals surface area contributed by atoms with Crippen LogP contribution in [0.4, 0.5) is 0 Å². The van der Waals surface area contributed by atoms with E-state index in [2.05, 4.69) is 11.0 Å². The third kappa shape index (κ3) is 6.74. The lowest BCUT2D eigenvalue weighted by molar-refractivity contribution is -0.149. The highest BCUT2D eigenvalue weighted by molar-refractivity contribution is 7.99. The minimum atomic E-state index is -0.0693. The molecular weight excluding hydrogens is 453 g/mol. The zero-order chi connectivity index (χ0) is 22.2. The molecule has 1 saturated heterocycles. The molecule has 0 bridgehead atoms. The summed E-state index contributed by atoms with van der Waals surface area (Å²) in [4.78, 5) is 16.0. The number of halogens is 2. The normalized spacial score (nSPS) is 15.5. The summed E-state index contributed by atoms with van der Waals surface area (Å²) in [5.74, 6) is -0.0447. The molecule has 4 nitrogen and oxygen atoms in total. The van der Waals surface area contributed by atoms with Gasteiger partial charge in [0.25, 0.3) is 0 Å². The Balaban J connectivity index is 1.57. The predicted molar refractivity (Wildman–Crippen MR) is 128 cm³/mol. The van der Waals surface area contributed by atoms with Crippen molar-refractivity contribution in [3.8, 4) is 0 Å². The summed E-state index contributed by atoms with van der Waals surface area (Å²) in [5, 5.41) is 10.4. The van der Waals surface area contributed by atoms with Crippen molar-refractivity contribution in [2.24, 2.45) is 5.92 Å². The number of aliphatic hydroxyl groups is 1. The van der Waals surface area contributed by atoms with Crippen LogP contribution in [-0.2, 0) is 16.1 Å². The van der Waals surface area contributed by atoms with Gasteiger partial charge in [0.15, 0.2) is 0 Å². The summed E-state index contributed by atoms with van der Waals surface area (Å²) in [6.07, 6.45) is 5.75. The molecule has 31 heavy (non-hydrogen) atoms. The number of nitrogens with zero attached hydrogens (tertiary/aromatic N) is 1. The quantitative estimate of drug-likeness (QED) is 0.475. The molecule has 1 fully saturated rings. The van der Waals surface area contributed by atoms with E-state index in [0.29, 0.717) is 16.7 Å². The molecule has 0 atom stereocenters. The zero-order valence-electron chi connectivity index (χ0n) is 17.5. The van der Waals surface area contributed by atoms with E-state index in [1.54, 1.807) is 0 Å². The second-order valence-corrected chi connectivity index (χ2v) is 9.29. The molecule has 1 aliphatic rings. The maximum absolute atomic E-state index is 11.9. The Morgan fingerprint density at radius 2 is 2.00 bits per heavy atom. The molecule has 7 heteroatoms. The van der Waals surface area contributed by atoms with E-state index in [1.165, 1.54) is 11.8 Å². The Morgan fingerprint density at radius 1 is 1.23 bits per heavy atom. The van der Waals surface area contributed by atoms with E-state index in [-0.39, 0.29) is 18.5 Å². The summed E-state index contributed by atoms with van der Waals surface area (Å²) >= 11 is 14.6. The highest BCUT2D eigenvalue weighted by atomic mass is 35.5. The Kier molecular flexibility index (Phi) is 9.30. The van der Waals surface area contributed by atoms with E-state index < -0.39 is 0 Å². The number of hydrogen-bond acceptors (Lipinski definition) is 5. The number of aliphatic hydroxyl groups excluding tert-OH is 1. The Hall–Kier alpha value is -1.50. The van der Waals surface area contributed by atoms with E-state index >= 15 is 0 Å². The third-order valence-electron chi connectivity index (χ3n) is 5.25. The van der Waals surface area contributed by atoms with Gasteiger partial charge in [0.1, 0.15) is 0 Å². The van der Waals surface area contributed by atoms with Crippen LogP contribution in [0.25, 0.3) is 6.08 Å². The topological polar surface area (TPSA) is 49.8 Å². The summed E-state index contributed by atoms with van der Waals surface area (Å²) < 4.78 is 5.13. The van der Waals surface area contributed by atoms with Gasteiger partial charge >= 0.3 is 5.97 Å². The van der Waals surface area contributed by atoms with Crippen LogP contribution in [0.5, 0.6) is 0 Å². The molecule has 1 N–H and O–H groups in total. The first-order valence-electron chi connectivity index (χ1n) is 10.4. The van der Waals surface area contributed by atoms with Crippen LogP contribution < -0.4 is 0 Å². The highest BCUT2D eigenvalue weighted by Gasteiger charge is 2.25. The fraction of sp³-hybridized carbons (Fsp3) is 0.375. The molecule has 0 amide bonds. The number of rotatable bonds is 8. The first kappa shape index (κ1) is 24.1. The van der Waals surface area contributed by atoms with Crippen molar-refractivity contribution >= 4 is 47.0 Å². The van der Waals surface area contributed by atoms with Crippen molar-refractivity contribution in [2.75, 3.05) is 26.2 Å². The van der Waals surface area contributed by atoms with Gasteiger partial charge in [0.2, 0.25) is 0 Å². The van der Waals surface area contributed by atoms with Crippen LogP contribution >= 0.6 is 35.0 Å². The van der Waals surface area contributed by atoms with Crippen molar-refractivity contribution < 1.29 is 14.6 Å².